The number of allylic oxidation sites excluding steroid dienone is 2. The van der Waals surface area contributed by atoms with E-state index in [0.717, 1.165) is 25.0 Å². The van der Waals surface area contributed by atoms with Gasteiger partial charge in [-0.15, -0.1) is 0 Å². The predicted octanol–water partition coefficient (Wildman–Crippen LogP) is 2.40. The number of aliphatic hydroxyl groups is 1. The highest BCUT2D eigenvalue weighted by Crippen LogP contribution is 2.28. The van der Waals surface area contributed by atoms with Gasteiger partial charge in [-0.25, -0.2) is 0 Å². The predicted molar refractivity (Wildman–Crippen MR) is 53.3 cm³/mol. The van der Waals surface area contributed by atoms with Crippen molar-refractivity contribution < 1.29 is 9.84 Å². The van der Waals surface area contributed by atoms with Crippen molar-refractivity contribution in [3.63, 3.8) is 0 Å². The molecule has 0 aromatic heterocycles. The van der Waals surface area contributed by atoms with Gasteiger partial charge < -0.3 is 9.84 Å². The summed E-state index contributed by atoms with van der Waals surface area (Å²) in [5, 5.41) is 10.1. The van der Waals surface area contributed by atoms with Gasteiger partial charge in [0.15, 0.2) is 0 Å². The van der Waals surface area contributed by atoms with Crippen LogP contribution in [0.3, 0.4) is 0 Å². The number of ether oxygens (including phenoxy) is 1. The van der Waals surface area contributed by atoms with Gasteiger partial charge in [-0.3, -0.25) is 0 Å². The van der Waals surface area contributed by atoms with Gasteiger partial charge in [0.2, 0.25) is 0 Å². The molecule has 0 bridgehead atoms. The smallest absolute Gasteiger partial charge is 0.139 e. The third-order valence-corrected chi connectivity index (χ3v) is 2.62. The minimum absolute atomic E-state index is 0.703. The first-order chi connectivity index (χ1) is 6.09. The summed E-state index contributed by atoms with van der Waals surface area (Å²) in [4.78, 5) is 0. The molecule has 13 heavy (non-hydrogen) atoms. The molecule has 74 valence electrons. The van der Waals surface area contributed by atoms with E-state index in [0.29, 0.717) is 5.76 Å². The van der Waals surface area contributed by atoms with Crippen molar-refractivity contribution in [1.29, 1.82) is 0 Å². The zero-order valence-electron chi connectivity index (χ0n) is 8.63. The largest absolute Gasteiger partial charge is 0.495 e. The second-order valence-electron chi connectivity index (χ2n) is 3.60. The van der Waals surface area contributed by atoms with E-state index in [9.17, 15) is 5.11 Å². The van der Waals surface area contributed by atoms with Gasteiger partial charge in [0.05, 0.1) is 6.61 Å². The summed E-state index contributed by atoms with van der Waals surface area (Å²) in [5.41, 5.74) is 0.00970. The lowest BCUT2D eigenvalue weighted by Crippen LogP contribution is -2.31. The highest BCUT2D eigenvalue weighted by molar-refractivity contribution is 5.26. The summed E-state index contributed by atoms with van der Waals surface area (Å²) in [6.45, 7) is 6.34. The summed E-state index contributed by atoms with van der Waals surface area (Å²) < 4.78 is 5.44. The second kappa shape index (κ2) is 3.97. The highest BCUT2D eigenvalue weighted by atomic mass is 16.5. The first-order valence-electron chi connectivity index (χ1n) is 4.78. The molecule has 0 spiro atoms. The number of hydrogen-bond donors (Lipinski definition) is 1. The van der Waals surface area contributed by atoms with Crippen LogP contribution in [0.1, 0.15) is 33.6 Å². The van der Waals surface area contributed by atoms with E-state index in [4.69, 9.17) is 4.74 Å². The Hall–Kier alpha value is -0.760. The van der Waals surface area contributed by atoms with E-state index in [1.807, 2.05) is 26.0 Å². The summed E-state index contributed by atoms with van der Waals surface area (Å²) in [6, 6.07) is 0. The lowest BCUT2D eigenvalue weighted by molar-refractivity contribution is 0.0445. The van der Waals surface area contributed by atoms with E-state index in [1.165, 1.54) is 0 Å². The molecule has 0 fully saturated rings. The molecule has 0 aromatic carbocycles. The zero-order chi connectivity index (χ0) is 9.90. The molecule has 1 heterocycles. The normalized spacial score (nSPS) is 23.1. The standard InChI is InChI=1S/C11H18O2/c1-4-9(2)11(3,12)10-7-5-6-8-13-10/h4,7,12H,5-6,8H2,1-3H3/b9-4+. The Labute approximate surface area is 79.9 Å². The molecule has 1 aliphatic rings. The average molecular weight is 182 g/mol. The maximum absolute atomic E-state index is 10.1. The van der Waals surface area contributed by atoms with Gasteiger partial charge in [0.25, 0.3) is 0 Å². The molecule has 1 rings (SSSR count). The van der Waals surface area contributed by atoms with Crippen LogP contribution in [0.4, 0.5) is 0 Å². The van der Waals surface area contributed by atoms with Crippen molar-refractivity contribution >= 4 is 0 Å². The van der Waals surface area contributed by atoms with E-state index < -0.39 is 5.60 Å². The summed E-state index contributed by atoms with van der Waals surface area (Å²) >= 11 is 0. The highest BCUT2D eigenvalue weighted by Gasteiger charge is 2.29. The van der Waals surface area contributed by atoms with E-state index in [1.54, 1.807) is 6.92 Å². The molecular weight excluding hydrogens is 164 g/mol. The van der Waals surface area contributed by atoms with Gasteiger partial charge >= 0.3 is 0 Å². The number of hydrogen-bond acceptors (Lipinski definition) is 2. The van der Waals surface area contributed by atoms with Gasteiger partial charge in [0, 0.05) is 0 Å². The first-order valence-corrected chi connectivity index (χ1v) is 4.78. The SMILES string of the molecule is C/C=C(\C)C(C)(O)C1=CCCCO1. The maximum Gasteiger partial charge on any atom is 0.139 e. The van der Waals surface area contributed by atoms with Crippen LogP contribution in [-0.4, -0.2) is 17.3 Å². The van der Waals surface area contributed by atoms with Crippen molar-refractivity contribution in [2.24, 2.45) is 0 Å². The fourth-order valence-electron chi connectivity index (χ4n) is 1.37. The Balaban J connectivity index is 2.84. The average Bonchev–Trinajstić information content (AvgIpc) is 2.18. The first kappa shape index (κ1) is 10.3. The molecular formula is C11H18O2. The van der Waals surface area contributed by atoms with Gasteiger partial charge in [-0.2, -0.15) is 0 Å². The Bertz CT molecular complexity index is 236. The van der Waals surface area contributed by atoms with Gasteiger partial charge in [0.1, 0.15) is 11.4 Å². The quantitative estimate of drug-likeness (QED) is 0.664. The van der Waals surface area contributed by atoms with E-state index >= 15 is 0 Å². The Morgan fingerprint density at radius 2 is 2.38 bits per heavy atom. The molecule has 1 atom stereocenters. The molecule has 0 radical (unpaired) electrons. The minimum atomic E-state index is -0.921. The molecule has 0 amide bonds. The Morgan fingerprint density at radius 1 is 1.69 bits per heavy atom. The van der Waals surface area contributed by atoms with Crippen molar-refractivity contribution in [2.75, 3.05) is 6.61 Å². The van der Waals surface area contributed by atoms with Gasteiger partial charge in [-0.05, 0) is 45.3 Å². The van der Waals surface area contributed by atoms with Crippen molar-refractivity contribution in [2.45, 2.75) is 39.2 Å². The van der Waals surface area contributed by atoms with Crippen molar-refractivity contribution in [3.8, 4) is 0 Å². The lowest BCUT2D eigenvalue weighted by atomic mass is 9.93. The zero-order valence-corrected chi connectivity index (χ0v) is 8.63. The Kier molecular flexibility index (Phi) is 3.15. The van der Waals surface area contributed by atoms with Crippen LogP contribution in [0.2, 0.25) is 0 Å². The summed E-state index contributed by atoms with van der Waals surface area (Å²) in [6.07, 6.45) is 5.95. The maximum atomic E-state index is 10.1. The monoisotopic (exact) mass is 182 g/mol. The third-order valence-electron chi connectivity index (χ3n) is 2.62. The Morgan fingerprint density at radius 3 is 2.85 bits per heavy atom. The molecule has 2 nitrogen and oxygen atoms in total. The second-order valence-corrected chi connectivity index (χ2v) is 3.60. The van der Waals surface area contributed by atoms with Gasteiger partial charge in [-0.1, -0.05) is 6.08 Å². The van der Waals surface area contributed by atoms with Crippen LogP contribution >= 0.6 is 0 Å². The molecule has 1 unspecified atom stereocenters. The van der Waals surface area contributed by atoms with E-state index in [2.05, 4.69) is 0 Å². The van der Waals surface area contributed by atoms with Crippen LogP contribution in [0.15, 0.2) is 23.5 Å². The molecule has 0 aromatic rings. The van der Waals surface area contributed by atoms with Crippen LogP contribution < -0.4 is 0 Å². The van der Waals surface area contributed by atoms with E-state index in [-0.39, 0.29) is 0 Å². The molecule has 0 aliphatic carbocycles. The van der Waals surface area contributed by atoms with Crippen molar-refractivity contribution in [1.82, 2.24) is 0 Å². The van der Waals surface area contributed by atoms with Crippen LogP contribution in [0, 0.1) is 0 Å². The summed E-state index contributed by atoms with van der Waals surface area (Å²) in [5.74, 6) is 0.703. The topological polar surface area (TPSA) is 29.5 Å². The van der Waals surface area contributed by atoms with Crippen molar-refractivity contribution in [3.05, 3.63) is 23.5 Å². The molecule has 0 saturated carbocycles. The van der Waals surface area contributed by atoms with Crippen LogP contribution in [-0.2, 0) is 4.74 Å². The molecule has 0 saturated heterocycles. The van der Waals surface area contributed by atoms with Crippen LogP contribution in [0.25, 0.3) is 0 Å². The minimum Gasteiger partial charge on any atom is -0.495 e. The fourth-order valence-corrected chi connectivity index (χ4v) is 1.37. The lowest BCUT2D eigenvalue weighted by Gasteiger charge is -2.29. The van der Waals surface area contributed by atoms with Crippen LogP contribution in [0.5, 0.6) is 0 Å². The summed E-state index contributed by atoms with van der Waals surface area (Å²) in [7, 11) is 0. The third kappa shape index (κ3) is 2.13. The molecule has 1 aliphatic heterocycles. The molecule has 2 heteroatoms. The number of rotatable bonds is 2. The molecule has 1 N–H and O–H groups in total. The fraction of sp³-hybridized carbons (Fsp3) is 0.636.